The molecule has 1 atom stereocenters. The second-order valence-corrected chi connectivity index (χ2v) is 6.86. The molecule has 2 fully saturated rings. The van der Waals surface area contributed by atoms with Gasteiger partial charge in [0.1, 0.15) is 11.5 Å². The maximum atomic E-state index is 13.2. The number of amides is 1. The van der Waals surface area contributed by atoms with Crippen LogP contribution in [0.5, 0.6) is 5.75 Å². The largest absolute Gasteiger partial charge is 0.497 e. The molecule has 2 heterocycles. The molecule has 1 spiro atoms. The zero-order valence-electron chi connectivity index (χ0n) is 15.3. The van der Waals surface area contributed by atoms with E-state index in [1.807, 2.05) is 0 Å². The number of benzene rings is 1. The van der Waals surface area contributed by atoms with Crippen LogP contribution in [0.1, 0.15) is 36.5 Å². The number of carboxylic acids is 1. The minimum Gasteiger partial charge on any atom is -0.497 e. The molecule has 7 nitrogen and oxygen atoms in total. The second kappa shape index (κ2) is 7.63. The summed E-state index contributed by atoms with van der Waals surface area (Å²) in [4.78, 5) is 28.8. The minimum absolute atomic E-state index is 0.0266. The molecule has 2 aliphatic rings. The summed E-state index contributed by atoms with van der Waals surface area (Å²) in [7, 11) is 1.54. The third kappa shape index (κ3) is 3.41. The van der Waals surface area contributed by atoms with Crippen molar-refractivity contribution in [3.63, 3.8) is 0 Å². The van der Waals surface area contributed by atoms with Crippen LogP contribution in [-0.4, -0.2) is 71.9 Å². The zero-order chi connectivity index (χ0) is 18.7. The number of nitrogens with zero attached hydrogens (tertiary/aromatic N) is 2. The standard InChI is InChI=1S/C19H26N2O5/c1-3-9-20-10-7-19(8-11-20)21(16(13-26-19)18(23)24)17(22)14-5-4-6-15(12-14)25-2/h4-6,12,16H,3,7-11,13H2,1-2H3,(H,23,24). The van der Waals surface area contributed by atoms with E-state index in [-0.39, 0.29) is 12.5 Å². The Hall–Kier alpha value is -2.12. The molecule has 0 aromatic heterocycles. The van der Waals surface area contributed by atoms with E-state index in [2.05, 4.69) is 11.8 Å². The Morgan fingerprint density at radius 3 is 2.69 bits per heavy atom. The maximum Gasteiger partial charge on any atom is 0.328 e. The van der Waals surface area contributed by atoms with Gasteiger partial charge in [-0.25, -0.2) is 4.79 Å². The van der Waals surface area contributed by atoms with Crippen molar-refractivity contribution in [3.8, 4) is 5.75 Å². The molecule has 2 saturated heterocycles. The van der Waals surface area contributed by atoms with Crippen molar-refractivity contribution in [3.05, 3.63) is 29.8 Å². The lowest BCUT2D eigenvalue weighted by atomic mass is 9.96. The first kappa shape index (κ1) is 18.7. The van der Waals surface area contributed by atoms with Gasteiger partial charge in [0.25, 0.3) is 5.91 Å². The number of likely N-dealkylation sites (tertiary alicyclic amines) is 1. The lowest BCUT2D eigenvalue weighted by Gasteiger charge is -2.44. The lowest BCUT2D eigenvalue weighted by Crippen LogP contribution is -2.58. The highest BCUT2D eigenvalue weighted by Crippen LogP contribution is 2.38. The molecule has 1 aromatic carbocycles. The smallest absolute Gasteiger partial charge is 0.328 e. The number of carbonyl (C=O) groups is 2. The fourth-order valence-corrected chi connectivity index (χ4v) is 3.89. The normalized spacial score (nSPS) is 22.5. The number of methoxy groups -OCH3 is 1. The van der Waals surface area contributed by atoms with Crippen LogP contribution in [-0.2, 0) is 9.53 Å². The zero-order valence-corrected chi connectivity index (χ0v) is 15.3. The van der Waals surface area contributed by atoms with Crippen molar-refractivity contribution in [2.75, 3.05) is 33.4 Å². The van der Waals surface area contributed by atoms with Gasteiger partial charge in [-0.05, 0) is 31.2 Å². The molecule has 142 valence electrons. The van der Waals surface area contributed by atoms with Crippen LogP contribution in [0.2, 0.25) is 0 Å². The summed E-state index contributed by atoms with van der Waals surface area (Å²) in [6.07, 6.45) is 2.30. The Bertz CT molecular complexity index is 670. The first-order chi connectivity index (χ1) is 12.5. The van der Waals surface area contributed by atoms with Crippen LogP contribution in [0.4, 0.5) is 0 Å². The van der Waals surface area contributed by atoms with Crippen molar-refractivity contribution in [1.82, 2.24) is 9.80 Å². The molecule has 0 bridgehead atoms. The molecule has 26 heavy (non-hydrogen) atoms. The van der Waals surface area contributed by atoms with Gasteiger partial charge < -0.3 is 19.5 Å². The number of rotatable bonds is 5. The van der Waals surface area contributed by atoms with Gasteiger partial charge in [0.2, 0.25) is 0 Å². The van der Waals surface area contributed by atoms with Gasteiger partial charge in [0.05, 0.1) is 13.7 Å². The molecule has 2 aliphatic heterocycles. The summed E-state index contributed by atoms with van der Waals surface area (Å²) in [5, 5.41) is 9.62. The Morgan fingerprint density at radius 1 is 1.35 bits per heavy atom. The van der Waals surface area contributed by atoms with Gasteiger partial charge in [-0.2, -0.15) is 0 Å². The Labute approximate surface area is 153 Å². The van der Waals surface area contributed by atoms with E-state index >= 15 is 0 Å². The molecule has 7 heteroatoms. The highest BCUT2D eigenvalue weighted by molar-refractivity contribution is 5.97. The number of piperidine rings is 1. The van der Waals surface area contributed by atoms with Crippen LogP contribution in [0.15, 0.2) is 24.3 Å². The van der Waals surface area contributed by atoms with Gasteiger partial charge in [-0.15, -0.1) is 0 Å². The van der Waals surface area contributed by atoms with Crippen molar-refractivity contribution >= 4 is 11.9 Å². The van der Waals surface area contributed by atoms with Gasteiger partial charge in [-0.1, -0.05) is 13.0 Å². The van der Waals surface area contributed by atoms with Gasteiger partial charge in [-0.3, -0.25) is 9.69 Å². The van der Waals surface area contributed by atoms with E-state index in [1.54, 1.807) is 24.3 Å². The Morgan fingerprint density at radius 2 is 2.08 bits per heavy atom. The third-order valence-corrected chi connectivity index (χ3v) is 5.26. The number of carboxylic acid groups (broad SMARTS) is 1. The van der Waals surface area contributed by atoms with Gasteiger partial charge >= 0.3 is 5.97 Å². The molecule has 1 aromatic rings. The summed E-state index contributed by atoms with van der Waals surface area (Å²) in [5.41, 5.74) is -0.426. The highest BCUT2D eigenvalue weighted by atomic mass is 16.5. The molecular weight excluding hydrogens is 336 g/mol. The number of hydrogen-bond acceptors (Lipinski definition) is 5. The van der Waals surface area contributed by atoms with E-state index in [0.29, 0.717) is 24.2 Å². The first-order valence-corrected chi connectivity index (χ1v) is 9.07. The molecule has 0 aliphatic carbocycles. The van der Waals surface area contributed by atoms with Crippen LogP contribution in [0.25, 0.3) is 0 Å². The van der Waals surface area contributed by atoms with E-state index in [1.165, 1.54) is 12.0 Å². The second-order valence-electron chi connectivity index (χ2n) is 6.86. The number of hydrogen-bond donors (Lipinski definition) is 1. The first-order valence-electron chi connectivity index (χ1n) is 9.07. The number of aliphatic carboxylic acids is 1. The number of carbonyl (C=O) groups excluding carboxylic acids is 1. The predicted octanol–water partition coefficient (Wildman–Crippen LogP) is 1.82. The molecule has 1 amide bonds. The minimum atomic E-state index is -1.03. The van der Waals surface area contributed by atoms with Crippen molar-refractivity contribution in [2.24, 2.45) is 0 Å². The fourth-order valence-electron chi connectivity index (χ4n) is 3.89. The third-order valence-electron chi connectivity index (χ3n) is 5.26. The highest BCUT2D eigenvalue weighted by Gasteiger charge is 2.53. The molecular formula is C19H26N2O5. The van der Waals surface area contributed by atoms with Crippen LogP contribution < -0.4 is 4.74 Å². The average molecular weight is 362 g/mol. The monoisotopic (exact) mass is 362 g/mol. The summed E-state index contributed by atoms with van der Waals surface area (Å²) < 4.78 is 11.2. The lowest BCUT2D eigenvalue weighted by molar-refractivity contribution is -0.143. The predicted molar refractivity (Wildman–Crippen MR) is 95.2 cm³/mol. The SMILES string of the molecule is CCCN1CCC2(CC1)OCC(C(=O)O)N2C(=O)c1cccc(OC)c1. The van der Waals surface area contributed by atoms with E-state index in [9.17, 15) is 14.7 Å². The topological polar surface area (TPSA) is 79.3 Å². The van der Waals surface area contributed by atoms with Crippen molar-refractivity contribution in [1.29, 1.82) is 0 Å². The van der Waals surface area contributed by atoms with E-state index < -0.39 is 17.7 Å². The van der Waals surface area contributed by atoms with E-state index in [4.69, 9.17) is 9.47 Å². The Balaban J connectivity index is 1.88. The number of ether oxygens (including phenoxy) is 2. The summed E-state index contributed by atoms with van der Waals surface area (Å²) >= 11 is 0. The molecule has 0 radical (unpaired) electrons. The van der Waals surface area contributed by atoms with Crippen molar-refractivity contribution < 1.29 is 24.2 Å². The van der Waals surface area contributed by atoms with Gasteiger partial charge in [0, 0.05) is 31.5 Å². The fraction of sp³-hybridized carbons (Fsp3) is 0.579. The molecule has 1 N–H and O–H groups in total. The van der Waals surface area contributed by atoms with Crippen LogP contribution >= 0.6 is 0 Å². The molecule has 0 saturated carbocycles. The summed E-state index contributed by atoms with van der Waals surface area (Å²) in [6, 6.07) is 5.84. The summed E-state index contributed by atoms with van der Waals surface area (Å²) in [6.45, 7) is 4.75. The maximum absolute atomic E-state index is 13.2. The van der Waals surface area contributed by atoms with Crippen LogP contribution in [0.3, 0.4) is 0 Å². The molecule has 1 unspecified atom stereocenters. The van der Waals surface area contributed by atoms with Crippen molar-refractivity contribution in [2.45, 2.75) is 38.0 Å². The summed E-state index contributed by atoms with van der Waals surface area (Å²) in [5.74, 6) is -0.790. The Kier molecular flexibility index (Phi) is 5.48. The quantitative estimate of drug-likeness (QED) is 0.861. The average Bonchev–Trinajstić information content (AvgIpc) is 3.02. The van der Waals surface area contributed by atoms with E-state index in [0.717, 1.165) is 26.1 Å². The van der Waals surface area contributed by atoms with Crippen LogP contribution in [0, 0.1) is 0 Å². The van der Waals surface area contributed by atoms with Gasteiger partial charge in [0.15, 0.2) is 6.04 Å². The molecule has 3 rings (SSSR count).